The Morgan fingerprint density at radius 1 is 1.08 bits per heavy atom. The van der Waals surface area contributed by atoms with Crippen LogP contribution in [0, 0.1) is 23.7 Å². The van der Waals surface area contributed by atoms with E-state index in [4.69, 9.17) is 9.47 Å². The summed E-state index contributed by atoms with van der Waals surface area (Å²) >= 11 is 0. The highest BCUT2D eigenvalue weighted by atomic mass is 19.1. The van der Waals surface area contributed by atoms with Crippen molar-refractivity contribution in [3.8, 4) is 0 Å². The minimum Gasteiger partial charge on any atom is -0.394 e. The summed E-state index contributed by atoms with van der Waals surface area (Å²) in [5, 5.41) is 34.3. The van der Waals surface area contributed by atoms with E-state index >= 15 is 0 Å². The largest absolute Gasteiger partial charge is 0.394 e. The molecule has 2 aliphatic heterocycles. The van der Waals surface area contributed by atoms with Crippen molar-refractivity contribution < 1.29 is 34.0 Å². The molecule has 0 radical (unpaired) electrons. The fourth-order valence-electron chi connectivity index (χ4n) is 8.11. The molecular formula is C27H47FN4O6. The third kappa shape index (κ3) is 5.50. The van der Waals surface area contributed by atoms with Crippen molar-refractivity contribution in [2.45, 2.75) is 113 Å². The Hall–Kier alpha value is -0.920. The number of alkyl halides is 1. The standard InChI is InChI=1S/C27H47FN4O6/c1-31(26(36)19-11-10-15-6-3-4-9-18(15)25(19)37-2)27-24(35)22(23(34)21(14-33)38-27)32-13-20(29-30-32)16-7-5-8-17(28)12-16/h15-25,27,29-30,33-35H,3-14H2,1-2H3/t15?,16?,17?,18?,19?,20?,21-,22+,23+,24-,25?,27-/m1/s1. The van der Waals surface area contributed by atoms with Gasteiger partial charge in [0, 0.05) is 26.7 Å². The predicted molar refractivity (Wildman–Crippen MR) is 137 cm³/mol. The van der Waals surface area contributed by atoms with Crippen molar-refractivity contribution in [1.82, 2.24) is 20.9 Å². The number of hydrogen-bond donors (Lipinski definition) is 5. The second-order valence-electron chi connectivity index (χ2n) is 12.3. The van der Waals surface area contributed by atoms with Gasteiger partial charge in [0.05, 0.1) is 24.7 Å². The Kier molecular flexibility index (Phi) is 9.26. The maximum atomic E-state index is 14.0. The number of amides is 1. The Morgan fingerprint density at radius 3 is 2.58 bits per heavy atom. The van der Waals surface area contributed by atoms with E-state index < -0.39 is 43.4 Å². The average molecular weight is 543 g/mol. The van der Waals surface area contributed by atoms with E-state index in [1.165, 1.54) is 17.7 Å². The van der Waals surface area contributed by atoms with Crippen molar-refractivity contribution in [2.75, 3.05) is 27.3 Å². The Balaban J connectivity index is 1.29. The number of methoxy groups -OCH3 is 1. The molecule has 5 N–H and O–H groups in total. The van der Waals surface area contributed by atoms with Crippen molar-refractivity contribution >= 4 is 5.91 Å². The first kappa shape index (κ1) is 28.6. The molecule has 218 valence electrons. The Labute approximate surface area is 225 Å². The number of rotatable bonds is 6. The summed E-state index contributed by atoms with van der Waals surface area (Å²) in [4.78, 5) is 15.3. The minimum absolute atomic E-state index is 0.0330. The van der Waals surface area contributed by atoms with E-state index in [0.717, 1.165) is 38.5 Å². The molecule has 0 aromatic heterocycles. The van der Waals surface area contributed by atoms with Gasteiger partial charge in [0.2, 0.25) is 5.91 Å². The van der Waals surface area contributed by atoms with Crippen LogP contribution in [0.4, 0.5) is 4.39 Å². The lowest BCUT2D eigenvalue weighted by atomic mass is 9.65. The van der Waals surface area contributed by atoms with Gasteiger partial charge in [0.25, 0.3) is 0 Å². The maximum Gasteiger partial charge on any atom is 0.230 e. The second-order valence-corrected chi connectivity index (χ2v) is 12.3. The highest BCUT2D eigenvalue weighted by Gasteiger charge is 2.53. The summed E-state index contributed by atoms with van der Waals surface area (Å²) in [5.74, 6) is 0.644. The van der Waals surface area contributed by atoms with Gasteiger partial charge in [-0.1, -0.05) is 25.7 Å². The highest BCUT2D eigenvalue weighted by Crippen LogP contribution is 2.45. The summed E-state index contributed by atoms with van der Waals surface area (Å²) in [7, 11) is 3.31. The lowest BCUT2D eigenvalue weighted by Gasteiger charge is -2.49. The van der Waals surface area contributed by atoms with Gasteiger partial charge in [-0.3, -0.25) is 4.79 Å². The van der Waals surface area contributed by atoms with Gasteiger partial charge < -0.3 is 29.7 Å². The second kappa shape index (κ2) is 12.3. The average Bonchev–Trinajstić information content (AvgIpc) is 3.41. The van der Waals surface area contributed by atoms with E-state index in [1.54, 1.807) is 19.2 Å². The molecule has 1 amide bonds. The number of aliphatic hydroxyl groups is 3. The summed E-state index contributed by atoms with van der Waals surface area (Å²) < 4.78 is 25.9. The van der Waals surface area contributed by atoms with Gasteiger partial charge in [-0.2, -0.15) is 5.53 Å². The van der Waals surface area contributed by atoms with Crippen LogP contribution in [-0.2, 0) is 14.3 Å². The minimum atomic E-state index is -1.23. The number of ether oxygens (including phenoxy) is 2. The molecule has 0 spiro atoms. The molecule has 7 unspecified atom stereocenters. The molecule has 3 aliphatic carbocycles. The van der Waals surface area contributed by atoms with Crippen LogP contribution in [0.15, 0.2) is 0 Å². The Bertz CT molecular complexity index is 812. The molecule has 12 atom stereocenters. The van der Waals surface area contributed by atoms with Crippen LogP contribution in [-0.4, -0.2) is 107 Å². The molecule has 0 bridgehead atoms. The molecule has 10 nitrogen and oxygen atoms in total. The van der Waals surface area contributed by atoms with Crippen LogP contribution in [0.2, 0.25) is 0 Å². The quantitative estimate of drug-likeness (QED) is 0.330. The van der Waals surface area contributed by atoms with Crippen LogP contribution >= 0.6 is 0 Å². The first-order valence-corrected chi connectivity index (χ1v) is 14.7. The third-order valence-corrected chi connectivity index (χ3v) is 10.2. The number of aliphatic hydroxyl groups excluding tert-OH is 3. The van der Waals surface area contributed by atoms with Crippen molar-refractivity contribution in [3.63, 3.8) is 0 Å². The van der Waals surface area contributed by atoms with Gasteiger partial charge in [-0.25, -0.2) is 14.8 Å². The predicted octanol–water partition coefficient (Wildman–Crippen LogP) is 0.706. The molecule has 11 heteroatoms. The summed E-state index contributed by atoms with van der Waals surface area (Å²) in [6.45, 7) is 0.00376. The van der Waals surface area contributed by atoms with Gasteiger partial charge >= 0.3 is 0 Å². The van der Waals surface area contributed by atoms with Gasteiger partial charge in [-0.05, 0) is 56.3 Å². The normalized spacial score (nSPS) is 46.5. The summed E-state index contributed by atoms with van der Waals surface area (Å²) in [6, 6.07) is -0.870. The highest BCUT2D eigenvalue weighted by molar-refractivity contribution is 5.79. The van der Waals surface area contributed by atoms with Crippen LogP contribution in [0.25, 0.3) is 0 Å². The number of carbonyl (C=O) groups excluding carboxylic acids is 1. The number of carbonyl (C=O) groups is 1. The van der Waals surface area contributed by atoms with E-state index in [9.17, 15) is 24.5 Å². The Morgan fingerprint density at radius 2 is 1.84 bits per heavy atom. The van der Waals surface area contributed by atoms with Crippen LogP contribution in [0.5, 0.6) is 0 Å². The number of hydrogen-bond acceptors (Lipinski definition) is 9. The lowest BCUT2D eigenvalue weighted by Crippen LogP contribution is -2.69. The number of nitrogens with one attached hydrogen (secondary N) is 2. The maximum absolute atomic E-state index is 14.0. The van der Waals surface area contributed by atoms with Crippen molar-refractivity contribution in [1.29, 1.82) is 0 Å². The zero-order valence-electron chi connectivity index (χ0n) is 22.8. The van der Waals surface area contributed by atoms with Crippen molar-refractivity contribution in [2.24, 2.45) is 23.7 Å². The zero-order valence-corrected chi connectivity index (χ0v) is 22.8. The molecule has 38 heavy (non-hydrogen) atoms. The van der Waals surface area contributed by atoms with Crippen LogP contribution in [0.1, 0.15) is 64.2 Å². The van der Waals surface area contributed by atoms with E-state index in [1.807, 2.05) is 0 Å². The zero-order chi connectivity index (χ0) is 27.0. The number of halogens is 1. The van der Waals surface area contributed by atoms with E-state index in [2.05, 4.69) is 11.0 Å². The molecule has 3 saturated carbocycles. The fraction of sp³-hybridized carbons (Fsp3) is 0.963. The first-order chi connectivity index (χ1) is 18.3. The van der Waals surface area contributed by atoms with Crippen LogP contribution in [0.3, 0.4) is 0 Å². The van der Waals surface area contributed by atoms with Crippen LogP contribution < -0.4 is 11.0 Å². The molecule has 5 aliphatic rings. The monoisotopic (exact) mass is 542 g/mol. The van der Waals surface area contributed by atoms with E-state index in [0.29, 0.717) is 31.2 Å². The molecule has 2 saturated heterocycles. The molecule has 5 fully saturated rings. The summed E-state index contributed by atoms with van der Waals surface area (Å²) in [5.41, 5.74) is 6.29. The third-order valence-electron chi connectivity index (χ3n) is 10.2. The number of fused-ring (bicyclic) bond motifs is 1. The molecule has 0 aromatic carbocycles. The summed E-state index contributed by atoms with van der Waals surface area (Å²) in [6.07, 6.45) is 3.85. The molecular weight excluding hydrogens is 495 g/mol. The van der Waals surface area contributed by atoms with Gasteiger partial charge in [0.1, 0.15) is 24.5 Å². The lowest BCUT2D eigenvalue weighted by molar-refractivity contribution is -0.252. The number of likely N-dealkylation sites (N-methyl/N-ethyl adjacent to an activating group) is 1. The van der Waals surface area contributed by atoms with Crippen molar-refractivity contribution in [3.05, 3.63) is 0 Å². The SMILES string of the molecule is COC1C(C(=O)N(C)[C@@H]2O[C@H](CO)[C@H](O)[C@H](N3CC(C4CCCC(F)C4)NN3)[C@H]2O)CCC2CCCCC21. The van der Waals surface area contributed by atoms with E-state index in [-0.39, 0.29) is 29.9 Å². The fourth-order valence-corrected chi connectivity index (χ4v) is 8.11. The molecule has 0 aromatic rings. The first-order valence-electron chi connectivity index (χ1n) is 14.7. The van der Waals surface area contributed by atoms with Gasteiger partial charge in [-0.15, -0.1) is 0 Å². The topological polar surface area (TPSA) is 127 Å². The molecule has 2 heterocycles. The number of nitrogens with zero attached hydrogens (tertiary/aromatic N) is 2. The van der Waals surface area contributed by atoms with Gasteiger partial charge in [0.15, 0.2) is 6.23 Å². The number of hydrazine groups is 2. The smallest absolute Gasteiger partial charge is 0.230 e. The molecule has 5 rings (SSSR count).